The van der Waals surface area contributed by atoms with Crippen molar-refractivity contribution < 1.29 is 4.79 Å². The Labute approximate surface area is 147 Å². The number of hydrogen-bond acceptors (Lipinski definition) is 4. The molecule has 3 rings (SSSR count). The average molecular weight is 352 g/mol. The van der Waals surface area contributed by atoms with Gasteiger partial charge in [-0.1, -0.05) is 30.3 Å². The third-order valence-corrected chi connectivity index (χ3v) is 5.14. The molecule has 1 aliphatic rings. The first-order chi connectivity index (χ1) is 10.7. The monoisotopic (exact) mass is 351 g/mol. The Kier molecular flexibility index (Phi) is 6.16. The first-order valence-corrected chi connectivity index (χ1v) is 8.57. The predicted molar refractivity (Wildman–Crippen MR) is 96.4 cm³/mol. The second-order valence-electron chi connectivity index (χ2n) is 5.82. The van der Waals surface area contributed by atoms with E-state index in [0.717, 1.165) is 24.4 Å². The van der Waals surface area contributed by atoms with Gasteiger partial charge in [0.05, 0.1) is 5.01 Å². The molecule has 0 saturated carbocycles. The molecule has 0 aliphatic carbocycles. The standard InChI is InChI=1S/C17H21N3OS.ClH/c1-12-9-14(13-5-3-2-4-6-13)10-20(12)17(21)15-11-22-16(19-15)7-8-18;/h2-6,11-12,14H,7-10,18H2,1H3;1H. The molecule has 4 nitrogen and oxygen atoms in total. The Bertz CT molecular complexity index is 646. The van der Waals surface area contributed by atoms with E-state index in [1.165, 1.54) is 16.9 Å². The molecule has 2 N–H and O–H groups in total. The molecule has 6 heteroatoms. The van der Waals surface area contributed by atoms with Gasteiger partial charge in [-0.15, -0.1) is 23.7 Å². The number of carbonyl (C=O) groups excluding carboxylic acids is 1. The molecule has 1 aromatic carbocycles. The third-order valence-electron chi connectivity index (χ3n) is 4.24. The fourth-order valence-electron chi connectivity index (χ4n) is 3.08. The fourth-order valence-corrected chi connectivity index (χ4v) is 3.86. The number of amides is 1. The van der Waals surface area contributed by atoms with Gasteiger partial charge in [-0.3, -0.25) is 4.79 Å². The highest BCUT2D eigenvalue weighted by Crippen LogP contribution is 2.32. The molecule has 2 atom stereocenters. The number of hydrogen-bond donors (Lipinski definition) is 1. The molecule has 1 amide bonds. The second-order valence-corrected chi connectivity index (χ2v) is 6.76. The summed E-state index contributed by atoms with van der Waals surface area (Å²) in [4.78, 5) is 19.1. The summed E-state index contributed by atoms with van der Waals surface area (Å²) < 4.78 is 0. The number of thiazole rings is 1. The number of nitrogens with two attached hydrogens (primary N) is 1. The molecule has 1 saturated heterocycles. The minimum atomic E-state index is 0. The minimum Gasteiger partial charge on any atom is -0.334 e. The maximum absolute atomic E-state index is 12.7. The normalized spacial score (nSPS) is 20.3. The number of likely N-dealkylation sites (tertiary alicyclic amines) is 1. The van der Waals surface area contributed by atoms with Crippen LogP contribution in [0.2, 0.25) is 0 Å². The zero-order valence-corrected chi connectivity index (χ0v) is 14.8. The Hall–Kier alpha value is -1.43. The fraction of sp³-hybridized carbons (Fsp3) is 0.412. The molecule has 124 valence electrons. The lowest BCUT2D eigenvalue weighted by Gasteiger charge is -2.20. The number of nitrogens with zero attached hydrogens (tertiary/aromatic N) is 2. The number of halogens is 1. The van der Waals surface area contributed by atoms with Crippen LogP contribution in [-0.4, -0.2) is 34.9 Å². The van der Waals surface area contributed by atoms with Crippen molar-refractivity contribution in [1.29, 1.82) is 0 Å². The Morgan fingerprint density at radius 2 is 2.13 bits per heavy atom. The van der Waals surface area contributed by atoms with Gasteiger partial charge in [-0.05, 0) is 25.5 Å². The summed E-state index contributed by atoms with van der Waals surface area (Å²) in [5.74, 6) is 0.466. The highest BCUT2D eigenvalue weighted by molar-refractivity contribution is 7.09. The van der Waals surface area contributed by atoms with Crippen molar-refractivity contribution in [3.05, 3.63) is 52.0 Å². The van der Waals surface area contributed by atoms with Gasteiger partial charge in [-0.2, -0.15) is 0 Å². The Morgan fingerprint density at radius 1 is 1.39 bits per heavy atom. The number of benzene rings is 1. The van der Waals surface area contributed by atoms with Gasteiger partial charge in [0.2, 0.25) is 0 Å². The smallest absolute Gasteiger partial charge is 0.273 e. The number of carbonyl (C=O) groups is 1. The Morgan fingerprint density at radius 3 is 2.83 bits per heavy atom. The van der Waals surface area contributed by atoms with Gasteiger partial charge >= 0.3 is 0 Å². The zero-order valence-electron chi connectivity index (χ0n) is 13.1. The van der Waals surface area contributed by atoms with Crippen molar-refractivity contribution in [2.24, 2.45) is 5.73 Å². The lowest BCUT2D eigenvalue weighted by atomic mass is 9.97. The average Bonchev–Trinajstić information content (AvgIpc) is 3.15. The van der Waals surface area contributed by atoms with E-state index in [0.29, 0.717) is 18.2 Å². The summed E-state index contributed by atoms with van der Waals surface area (Å²) in [6, 6.07) is 10.7. The predicted octanol–water partition coefficient (Wildman–Crippen LogP) is 3.08. The van der Waals surface area contributed by atoms with E-state index in [1.807, 2.05) is 16.3 Å². The van der Waals surface area contributed by atoms with Crippen LogP contribution < -0.4 is 5.73 Å². The van der Waals surface area contributed by atoms with Crippen LogP contribution in [0, 0.1) is 0 Å². The maximum atomic E-state index is 12.7. The maximum Gasteiger partial charge on any atom is 0.273 e. The molecule has 0 bridgehead atoms. The molecule has 0 radical (unpaired) electrons. The van der Waals surface area contributed by atoms with Crippen molar-refractivity contribution in [2.45, 2.75) is 31.7 Å². The molecule has 1 aliphatic heterocycles. The molecule has 2 heterocycles. The van der Waals surface area contributed by atoms with Crippen molar-refractivity contribution >= 4 is 29.7 Å². The van der Waals surface area contributed by atoms with Crippen molar-refractivity contribution in [3.8, 4) is 0 Å². The van der Waals surface area contributed by atoms with Crippen LogP contribution in [0.5, 0.6) is 0 Å². The highest BCUT2D eigenvalue weighted by atomic mass is 35.5. The van der Waals surface area contributed by atoms with Crippen molar-refractivity contribution in [3.63, 3.8) is 0 Å². The van der Waals surface area contributed by atoms with Gasteiger partial charge in [0.15, 0.2) is 0 Å². The molecule has 23 heavy (non-hydrogen) atoms. The van der Waals surface area contributed by atoms with Crippen LogP contribution in [0.3, 0.4) is 0 Å². The first kappa shape index (κ1) is 17.9. The first-order valence-electron chi connectivity index (χ1n) is 7.69. The topological polar surface area (TPSA) is 59.2 Å². The molecular formula is C17H22ClN3OS. The second kappa shape index (κ2) is 7.90. The largest absolute Gasteiger partial charge is 0.334 e. The van der Waals surface area contributed by atoms with Crippen LogP contribution in [0.15, 0.2) is 35.7 Å². The zero-order chi connectivity index (χ0) is 15.5. The molecule has 0 spiro atoms. The van der Waals surface area contributed by atoms with Crippen molar-refractivity contribution in [2.75, 3.05) is 13.1 Å². The quantitative estimate of drug-likeness (QED) is 0.920. The summed E-state index contributed by atoms with van der Waals surface area (Å²) in [5, 5.41) is 2.80. The van der Waals surface area contributed by atoms with E-state index < -0.39 is 0 Å². The van der Waals surface area contributed by atoms with Crippen LogP contribution >= 0.6 is 23.7 Å². The molecule has 1 fully saturated rings. The third kappa shape index (κ3) is 3.91. The number of rotatable bonds is 4. The lowest BCUT2D eigenvalue weighted by molar-refractivity contribution is 0.0740. The van der Waals surface area contributed by atoms with Crippen LogP contribution in [0.25, 0.3) is 0 Å². The summed E-state index contributed by atoms with van der Waals surface area (Å²) in [7, 11) is 0. The lowest BCUT2D eigenvalue weighted by Crippen LogP contribution is -2.34. The molecule has 2 aromatic rings. The highest BCUT2D eigenvalue weighted by Gasteiger charge is 2.34. The van der Waals surface area contributed by atoms with E-state index in [1.54, 1.807) is 0 Å². The van der Waals surface area contributed by atoms with Crippen LogP contribution in [-0.2, 0) is 6.42 Å². The van der Waals surface area contributed by atoms with Crippen LogP contribution in [0.4, 0.5) is 0 Å². The summed E-state index contributed by atoms with van der Waals surface area (Å²) in [5.41, 5.74) is 7.42. The molecular weight excluding hydrogens is 330 g/mol. The minimum absolute atomic E-state index is 0. The molecule has 1 aromatic heterocycles. The summed E-state index contributed by atoms with van der Waals surface area (Å²) in [6.45, 7) is 3.46. The number of aromatic nitrogens is 1. The molecule has 2 unspecified atom stereocenters. The van der Waals surface area contributed by atoms with Gasteiger partial charge in [0.1, 0.15) is 5.69 Å². The van der Waals surface area contributed by atoms with E-state index in [9.17, 15) is 4.79 Å². The van der Waals surface area contributed by atoms with E-state index in [4.69, 9.17) is 5.73 Å². The van der Waals surface area contributed by atoms with E-state index in [2.05, 4.69) is 36.2 Å². The van der Waals surface area contributed by atoms with Crippen LogP contribution in [0.1, 0.15) is 40.3 Å². The van der Waals surface area contributed by atoms with Gasteiger partial charge in [0, 0.05) is 30.3 Å². The summed E-state index contributed by atoms with van der Waals surface area (Å²) in [6.07, 6.45) is 1.75. The van der Waals surface area contributed by atoms with E-state index >= 15 is 0 Å². The Balaban J connectivity index is 0.00000192. The van der Waals surface area contributed by atoms with Gasteiger partial charge in [-0.25, -0.2) is 4.98 Å². The van der Waals surface area contributed by atoms with E-state index in [-0.39, 0.29) is 24.4 Å². The SMILES string of the molecule is CC1CC(c2ccccc2)CN1C(=O)c1csc(CCN)n1.Cl. The van der Waals surface area contributed by atoms with Crippen molar-refractivity contribution in [1.82, 2.24) is 9.88 Å². The van der Waals surface area contributed by atoms with Gasteiger partial charge in [0.25, 0.3) is 5.91 Å². The summed E-state index contributed by atoms with van der Waals surface area (Å²) >= 11 is 1.52. The van der Waals surface area contributed by atoms with Gasteiger partial charge < -0.3 is 10.6 Å².